The lowest BCUT2D eigenvalue weighted by molar-refractivity contribution is -0.135. The topological polar surface area (TPSA) is 111 Å². The predicted octanol–water partition coefficient (Wildman–Crippen LogP) is 2.10. The number of aliphatic hydroxyl groups is 1. The molecule has 1 saturated carbocycles. The van der Waals surface area contributed by atoms with Gasteiger partial charge in [0.05, 0.1) is 17.5 Å². The number of imidazole rings is 1. The molecule has 0 aromatic carbocycles. The molecule has 2 unspecified atom stereocenters. The number of aromatic nitrogens is 5. The summed E-state index contributed by atoms with van der Waals surface area (Å²) in [7, 11) is 0. The highest BCUT2D eigenvalue weighted by molar-refractivity contribution is 5.80. The van der Waals surface area contributed by atoms with E-state index in [1.807, 2.05) is 23.1 Å². The van der Waals surface area contributed by atoms with E-state index in [1.165, 1.54) is 0 Å². The van der Waals surface area contributed by atoms with E-state index < -0.39 is 0 Å². The van der Waals surface area contributed by atoms with Crippen LogP contribution in [0.5, 0.6) is 0 Å². The molecule has 5 heterocycles. The van der Waals surface area contributed by atoms with Gasteiger partial charge < -0.3 is 19.9 Å². The maximum Gasteiger partial charge on any atom is 0.227 e. The molecule has 0 radical (unpaired) electrons. The molecule has 2 saturated heterocycles. The summed E-state index contributed by atoms with van der Waals surface area (Å²) in [5, 5.41) is 9.77. The largest absolute Gasteiger partial charge is 0.391 e. The van der Waals surface area contributed by atoms with Crippen LogP contribution in [0.25, 0.3) is 22.7 Å². The van der Waals surface area contributed by atoms with Gasteiger partial charge in [0, 0.05) is 38.3 Å². The van der Waals surface area contributed by atoms with Crippen LogP contribution in [-0.2, 0) is 4.79 Å². The van der Waals surface area contributed by atoms with E-state index >= 15 is 0 Å². The highest BCUT2D eigenvalue weighted by atomic mass is 16.3. The van der Waals surface area contributed by atoms with E-state index in [9.17, 15) is 9.90 Å². The van der Waals surface area contributed by atoms with Crippen molar-refractivity contribution in [3.05, 3.63) is 30.2 Å². The first-order chi connectivity index (χ1) is 15.6. The minimum absolute atomic E-state index is 0.0526. The quantitative estimate of drug-likeness (QED) is 0.648. The Morgan fingerprint density at radius 1 is 1.03 bits per heavy atom. The average Bonchev–Trinajstić information content (AvgIpc) is 3.45. The molecule has 9 heteroatoms. The van der Waals surface area contributed by atoms with Gasteiger partial charge in [-0.3, -0.25) is 4.79 Å². The fourth-order valence-electron chi connectivity index (χ4n) is 4.81. The van der Waals surface area contributed by atoms with Crippen LogP contribution >= 0.6 is 0 Å². The number of rotatable bonds is 4. The molecule has 0 bridgehead atoms. The number of hydrogen-bond donors (Lipinski definition) is 2. The van der Waals surface area contributed by atoms with E-state index in [4.69, 9.17) is 9.97 Å². The van der Waals surface area contributed by atoms with Gasteiger partial charge in [-0.05, 0) is 50.3 Å². The number of carbonyl (C=O) groups excluding carboxylic acids is 1. The number of aliphatic hydroxyl groups excluding tert-OH is 1. The summed E-state index contributed by atoms with van der Waals surface area (Å²) < 4.78 is 0. The fraction of sp³-hybridized carbons (Fsp3) is 0.522. The normalized spacial score (nSPS) is 23.8. The van der Waals surface area contributed by atoms with E-state index in [0.29, 0.717) is 43.4 Å². The van der Waals surface area contributed by atoms with Gasteiger partial charge in [-0.15, -0.1) is 0 Å². The lowest BCUT2D eigenvalue weighted by atomic mass is 9.96. The minimum atomic E-state index is -0.383. The van der Waals surface area contributed by atoms with Crippen LogP contribution in [0.4, 0.5) is 5.82 Å². The van der Waals surface area contributed by atoms with E-state index in [0.717, 1.165) is 55.1 Å². The van der Waals surface area contributed by atoms with Crippen molar-refractivity contribution in [1.82, 2.24) is 29.8 Å². The van der Waals surface area contributed by atoms with Gasteiger partial charge in [0.15, 0.2) is 11.5 Å². The number of aromatic amines is 1. The Bertz CT molecular complexity index is 1160. The van der Waals surface area contributed by atoms with Crippen molar-refractivity contribution in [1.29, 1.82) is 0 Å². The van der Waals surface area contributed by atoms with E-state index in [1.54, 1.807) is 6.20 Å². The summed E-state index contributed by atoms with van der Waals surface area (Å²) in [6.45, 7) is 2.64. The number of fused-ring (bicyclic) bond motifs is 1. The maximum absolute atomic E-state index is 12.9. The van der Waals surface area contributed by atoms with Crippen molar-refractivity contribution >= 4 is 22.9 Å². The van der Waals surface area contributed by atoms with Crippen LogP contribution < -0.4 is 4.90 Å². The van der Waals surface area contributed by atoms with Gasteiger partial charge >= 0.3 is 0 Å². The number of piperidine rings is 1. The number of hydrogen-bond acceptors (Lipinski definition) is 7. The van der Waals surface area contributed by atoms with Crippen LogP contribution in [0.3, 0.4) is 0 Å². The molecule has 2 N–H and O–H groups in total. The zero-order valence-electron chi connectivity index (χ0n) is 17.9. The van der Waals surface area contributed by atoms with Gasteiger partial charge in [0.25, 0.3) is 0 Å². The molecular weight excluding hydrogens is 406 g/mol. The molecule has 3 aliphatic rings. The molecule has 32 heavy (non-hydrogen) atoms. The van der Waals surface area contributed by atoms with E-state index in [2.05, 4.69) is 19.9 Å². The Morgan fingerprint density at radius 2 is 1.94 bits per heavy atom. The highest BCUT2D eigenvalue weighted by Crippen LogP contribution is 2.38. The molecule has 166 valence electrons. The lowest BCUT2D eigenvalue weighted by Gasteiger charge is -2.34. The summed E-state index contributed by atoms with van der Waals surface area (Å²) in [5.41, 5.74) is 2.31. The monoisotopic (exact) mass is 433 g/mol. The molecule has 1 amide bonds. The number of nitrogens with one attached hydrogen (secondary N) is 1. The average molecular weight is 434 g/mol. The smallest absolute Gasteiger partial charge is 0.227 e. The Kier molecular flexibility index (Phi) is 4.78. The second-order valence-corrected chi connectivity index (χ2v) is 9.21. The third-order valence-electron chi connectivity index (χ3n) is 6.76. The minimum Gasteiger partial charge on any atom is -0.391 e. The number of H-pyrrole nitrogens is 1. The van der Waals surface area contributed by atoms with Crippen molar-refractivity contribution in [3.8, 4) is 11.5 Å². The molecule has 2 atom stereocenters. The summed E-state index contributed by atoms with van der Waals surface area (Å²) in [6.07, 6.45) is 6.24. The molecule has 9 nitrogen and oxygen atoms in total. The number of carbonyl (C=O) groups is 1. The lowest BCUT2D eigenvalue weighted by Crippen LogP contribution is -2.44. The van der Waals surface area contributed by atoms with Crippen molar-refractivity contribution < 1.29 is 9.90 Å². The first-order valence-electron chi connectivity index (χ1n) is 11.6. The first-order valence-corrected chi connectivity index (χ1v) is 11.6. The Morgan fingerprint density at radius 3 is 2.75 bits per heavy atom. The molecule has 0 spiro atoms. The summed E-state index contributed by atoms with van der Waals surface area (Å²) in [6, 6.07) is 5.87. The second-order valence-electron chi connectivity index (χ2n) is 9.21. The molecular formula is C23H27N7O2. The zero-order chi connectivity index (χ0) is 21.7. The van der Waals surface area contributed by atoms with Crippen LogP contribution in [0.15, 0.2) is 24.4 Å². The number of amides is 1. The Hall–Kier alpha value is -3.07. The first kappa shape index (κ1) is 19.6. The van der Waals surface area contributed by atoms with Gasteiger partial charge in [-0.1, -0.05) is 0 Å². The summed E-state index contributed by atoms with van der Waals surface area (Å²) in [5.74, 6) is 3.03. The molecule has 2 aliphatic heterocycles. The number of anilines is 1. The summed E-state index contributed by atoms with van der Waals surface area (Å²) in [4.78, 5) is 38.8. The van der Waals surface area contributed by atoms with Gasteiger partial charge in [0.1, 0.15) is 17.3 Å². The maximum atomic E-state index is 12.9. The van der Waals surface area contributed by atoms with E-state index in [-0.39, 0.29) is 17.9 Å². The number of pyridine rings is 1. The van der Waals surface area contributed by atoms with Crippen molar-refractivity contribution in [3.63, 3.8) is 0 Å². The van der Waals surface area contributed by atoms with Gasteiger partial charge in [0.2, 0.25) is 5.91 Å². The third kappa shape index (κ3) is 3.70. The third-order valence-corrected chi connectivity index (χ3v) is 6.76. The van der Waals surface area contributed by atoms with Crippen LogP contribution in [0.1, 0.15) is 43.8 Å². The van der Waals surface area contributed by atoms with Crippen molar-refractivity contribution in [2.45, 2.75) is 44.1 Å². The molecule has 3 fully saturated rings. The second kappa shape index (κ2) is 7.81. The van der Waals surface area contributed by atoms with Crippen LogP contribution in [0, 0.1) is 5.92 Å². The molecule has 3 aromatic heterocycles. The number of likely N-dealkylation sites (tertiary alicyclic amines) is 1. The molecule has 6 rings (SSSR count). The van der Waals surface area contributed by atoms with Crippen LogP contribution in [-0.4, -0.2) is 73.1 Å². The Labute approximate surface area is 185 Å². The number of nitrogens with zero attached hydrogens (tertiary/aromatic N) is 6. The van der Waals surface area contributed by atoms with Crippen molar-refractivity contribution in [2.75, 3.05) is 31.1 Å². The molecule has 3 aromatic rings. The SMILES string of the molecule is O=C(C1CCCN(c2ccc3[nH]c(-c4ccnc(C5CC5)n4)nc3n2)C1)N1CCC(O)C1. The number of β-amino-alcohol motifs (C(OH)–C–C–N with tert-alkyl or cyclic N) is 1. The fourth-order valence-corrected chi connectivity index (χ4v) is 4.81. The Balaban J connectivity index is 1.22. The standard InChI is InChI=1S/C23H27N7O2/c31-16-8-11-30(13-16)23(32)15-2-1-10-29(12-15)19-6-5-17-22(27-19)28-21(26-17)18-7-9-24-20(25-18)14-3-4-14/h5-7,9,14-16,31H,1-4,8,10-13H2,(H,26,27,28). The molecule has 1 aliphatic carbocycles. The van der Waals surface area contributed by atoms with Gasteiger partial charge in [-0.25, -0.2) is 19.9 Å². The zero-order valence-corrected chi connectivity index (χ0v) is 17.9. The van der Waals surface area contributed by atoms with Crippen LogP contribution in [0.2, 0.25) is 0 Å². The van der Waals surface area contributed by atoms with Gasteiger partial charge in [-0.2, -0.15) is 0 Å². The van der Waals surface area contributed by atoms with Crippen molar-refractivity contribution in [2.24, 2.45) is 5.92 Å². The summed E-state index contributed by atoms with van der Waals surface area (Å²) >= 11 is 0. The predicted molar refractivity (Wildman–Crippen MR) is 119 cm³/mol. The highest BCUT2D eigenvalue weighted by Gasteiger charge is 2.33.